The quantitative estimate of drug-likeness (QED) is 0.452. The Labute approximate surface area is 201 Å². The Balaban J connectivity index is 1.69. The number of benzene rings is 2. The van der Waals surface area contributed by atoms with Gasteiger partial charge in [-0.3, -0.25) is 9.59 Å². The lowest BCUT2D eigenvalue weighted by Gasteiger charge is -2.27. The Morgan fingerprint density at radius 3 is 2.47 bits per heavy atom. The molecule has 0 aliphatic carbocycles. The van der Waals surface area contributed by atoms with E-state index in [1.165, 1.54) is 16.2 Å². The second kappa shape index (κ2) is 10.0. The molecule has 0 bridgehead atoms. The largest absolute Gasteiger partial charge is 0.503 e. The first-order valence-electron chi connectivity index (χ1n) is 10.7. The maximum atomic E-state index is 13.3. The van der Waals surface area contributed by atoms with Crippen LogP contribution in [0.2, 0.25) is 0 Å². The number of carbonyl (C=O) groups is 2. The van der Waals surface area contributed by atoms with E-state index in [9.17, 15) is 14.7 Å². The van der Waals surface area contributed by atoms with E-state index in [2.05, 4.69) is 0 Å². The van der Waals surface area contributed by atoms with Gasteiger partial charge in [0.2, 0.25) is 5.78 Å². The van der Waals surface area contributed by atoms with Gasteiger partial charge in [-0.05, 0) is 53.3 Å². The fourth-order valence-corrected chi connectivity index (χ4v) is 4.78. The van der Waals surface area contributed by atoms with Gasteiger partial charge in [0.1, 0.15) is 5.75 Å². The average molecular weight is 480 g/mol. The van der Waals surface area contributed by atoms with E-state index in [-0.39, 0.29) is 17.9 Å². The van der Waals surface area contributed by atoms with E-state index < -0.39 is 17.7 Å². The smallest absolute Gasteiger partial charge is 0.290 e. The minimum absolute atomic E-state index is 0.0769. The van der Waals surface area contributed by atoms with E-state index in [1.54, 1.807) is 63.1 Å². The van der Waals surface area contributed by atoms with Gasteiger partial charge in [-0.1, -0.05) is 24.3 Å². The summed E-state index contributed by atoms with van der Waals surface area (Å²) in [6.07, 6.45) is 0.486. The minimum atomic E-state index is -0.739. The normalized spacial score (nSPS) is 15.6. The van der Waals surface area contributed by atoms with Gasteiger partial charge in [0.25, 0.3) is 5.91 Å². The van der Waals surface area contributed by atoms with Crippen LogP contribution >= 0.6 is 11.3 Å². The molecular weight excluding hydrogens is 454 g/mol. The number of carbonyl (C=O) groups excluding carboxylic acids is 2. The third-order valence-electron chi connectivity index (χ3n) is 5.79. The van der Waals surface area contributed by atoms with Crippen molar-refractivity contribution in [2.75, 3.05) is 27.9 Å². The van der Waals surface area contributed by atoms with E-state index in [1.807, 2.05) is 18.2 Å². The highest BCUT2D eigenvalue weighted by Crippen LogP contribution is 2.40. The zero-order valence-corrected chi connectivity index (χ0v) is 19.9. The first kappa shape index (κ1) is 23.4. The van der Waals surface area contributed by atoms with Crippen molar-refractivity contribution in [3.8, 4) is 17.2 Å². The molecule has 1 atom stereocenters. The number of methoxy groups -OCH3 is 3. The Kier molecular flexibility index (Phi) is 6.88. The number of rotatable bonds is 9. The second-order valence-corrected chi connectivity index (χ2v) is 8.63. The van der Waals surface area contributed by atoms with Gasteiger partial charge in [0.05, 0.1) is 37.8 Å². The minimum Gasteiger partial charge on any atom is -0.503 e. The summed E-state index contributed by atoms with van der Waals surface area (Å²) < 4.78 is 16.0. The third kappa shape index (κ3) is 4.36. The molecule has 1 aromatic heterocycles. The summed E-state index contributed by atoms with van der Waals surface area (Å²) in [5.74, 6) is 0.348. The van der Waals surface area contributed by atoms with Gasteiger partial charge in [0.15, 0.2) is 17.3 Å². The van der Waals surface area contributed by atoms with Crippen LogP contribution in [0.1, 0.15) is 26.8 Å². The Bertz CT molecular complexity index is 1230. The molecule has 4 rings (SSSR count). The molecule has 176 valence electrons. The lowest BCUT2D eigenvalue weighted by atomic mass is 9.95. The van der Waals surface area contributed by atoms with Crippen molar-refractivity contribution in [3.63, 3.8) is 0 Å². The fourth-order valence-electron chi connectivity index (χ4n) is 4.10. The second-order valence-electron chi connectivity index (χ2n) is 7.69. The van der Waals surface area contributed by atoms with Gasteiger partial charge >= 0.3 is 0 Å². The van der Waals surface area contributed by atoms with Gasteiger partial charge < -0.3 is 24.2 Å². The van der Waals surface area contributed by atoms with Crippen molar-refractivity contribution in [1.82, 2.24) is 4.90 Å². The van der Waals surface area contributed by atoms with Crippen LogP contribution in [0.4, 0.5) is 0 Å². The van der Waals surface area contributed by atoms with Crippen LogP contribution in [0, 0.1) is 0 Å². The van der Waals surface area contributed by atoms with Crippen molar-refractivity contribution in [2.45, 2.75) is 12.5 Å². The number of hydrogen-bond acceptors (Lipinski definition) is 7. The predicted octanol–water partition coefficient (Wildman–Crippen LogP) is 4.59. The van der Waals surface area contributed by atoms with E-state index in [0.717, 1.165) is 5.56 Å². The maximum absolute atomic E-state index is 13.3. The summed E-state index contributed by atoms with van der Waals surface area (Å²) in [6, 6.07) is 15.5. The molecule has 1 N–H and O–H groups in total. The molecule has 0 radical (unpaired) electrons. The molecule has 0 saturated heterocycles. The molecule has 8 heteroatoms. The molecular formula is C26H25NO6S. The first-order valence-corrected chi connectivity index (χ1v) is 11.5. The van der Waals surface area contributed by atoms with Crippen LogP contribution in [-0.2, 0) is 11.2 Å². The lowest BCUT2D eigenvalue weighted by Crippen LogP contribution is -2.33. The van der Waals surface area contributed by atoms with Gasteiger partial charge in [-0.25, -0.2) is 0 Å². The van der Waals surface area contributed by atoms with Crippen LogP contribution in [0.15, 0.2) is 71.3 Å². The molecule has 34 heavy (non-hydrogen) atoms. The summed E-state index contributed by atoms with van der Waals surface area (Å²) in [5.41, 5.74) is 1.68. The monoisotopic (exact) mass is 479 g/mol. The molecule has 0 spiro atoms. The highest BCUT2D eigenvalue weighted by Gasteiger charge is 2.43. The summed E-state index contributed by atoms with van der Waals surface area (Å²) >= 11 is 1.27. The highest BCUT2D eigenvalue weighted by atomic mass is 32.1. The highest BCUT2D eigenvalue weighted by molar-refractivity contribution is 7.12. The molecule has 0 fully saturated rings. The zero-order chi connectivity index (χ0) is 24.2. The van der Waals surface area contributed by atoms with E-state index in [0.29, 0.717) is 34.1 Å². The number of ketones is 1. The molecule has 1 aliphatic heterocycles. The number of ether oxygens (including phenoxy) is 3. The van der Waals surface area contributed by atoms with Crippen molar-refractivity contribution in [2.24, 2.45) is 0 Å². The molecule has 1 aliphatic rings. The number of hydrogen-bond donors (Lipinski definition) is 1. The topological polar surface area (TPSA) is 85.3 Å². The molecule has 7 nitrogen and oxygen atoms in total. The molecule has 2 aromatic carbocycles. The van der Waals surface area contributed by atoms with Crippen molar-refractivity contribution < 1.29 is 28.9 Å². The molecule has 0 saturated carbocycles. The number of aliphatic hydroxyl groups is 1. The number of Topliss-reactive ketones (excluding diaryl/α,β-unsaturated/α-hetero) is 1. The van der Waals surface area contributed by atoms with Gasteiger partial charge in [-0.15, -0.1) is 11.3 Å². The third-order valence-corrected chi connectivity index (χ3v) is 6.66. The van der Waals surface area contributed by atoms with E-state index >= 15 is 0 Å². The molecule has 3 aromatic rings. The molecule has 2 heterocycles. The lowest BCUT2D eigenvalue weighted by molar-refractivity contribution is -0.129. The molecule has 1 unspecified atom stereocenters. The van der Waals surface area contributed by atoms with Crippen molar-refractivity contribution >= 4 is 23.0 Å². The summed E-state index contributed by atoms with van der Waals surface area (Å²) in [4.78, 5) is 28.5. The standard InChI is InChI=1S/C26H25NO6S/c1-31-18-7-4-6-17(15-18)23-22(24(28)21-8-5-13-34-21)25(29)26(30)27(23)12-11-16-9-10-19(32-2)20(14-16)33-3/h4-10,13-15,23,29H,11-12H2,1-3H3. The Morgan fingerprint density at radius 1 is 1.00 bits per heavy atom. The maximum Gasteiger partial charge on any atom is 0.290 e. The summed E-state index contributed by atoms with van der Waals surface area (Å²) in [7, 11) is 4.69. The number of nitrogens with zero attached hydrogens (tertiary/aromatic N) is 1. The van der Waals surface area contributed by atoms with Crippen LogP contribution in [0.5, 0.6) is 17.2 Å². The van der Waals surface area contributed by atoms with Crippen molar-refractivity contribution in [1.29, 1.82) is 0 Å². The van der Waals surface area contributed by atoms with Crippen LogP contribution in [0.25, 0.3) is 0 Å². The predicted molar refractivity (Wildman–Crippen MR) is 129 cm³/mol. The number of aliphatic hydroxyl groups excluding tert-OH is 1. The van der Waals surface area contributed by atoms with Crippen molar-refractivity contribution in [3.05, 3.63) is 87.3 Å². The summed E-state index contributed by atoms with van der Waals surface area (Å²) in [6.45, 7) is 0.279. The van der Waals surface area contributed by atoms with Crippen LogP contribution in [0.3, 0.4) is 0 Å². The van der Waals surface area contributed by atoms with Gasteiger partial charge in [0, 0.05) is 6.54 Å². The summed E-state index contributed by atoms with van der Waals surface area (Å²) in [5, 5.41) is 12.6. The van der Waals surface area contributed by atoms with Crippen LogP contribution < -0.4 is 14.2 Å². The number of thiophene rings is 1. The Morgan fingerprint density at radius 2 is 1.79 bits per heavy atom. The zero-order valence-electron chi connectivity index (χ0n) is 19.1. The first-order chi connectivity index (χ1) is 16.5. The van der Waals surface area contributed by atoms with Crippen LogP contribution in [-0.4, -0.2) is 49.6 Å². The SMILES string of the molecule is COc1cccc(C2C(C(=O)c3cccs3)=C(O)C(=O)N2CCc2ccc(OC)c(OC)c2)c1. The van der Waals surface area contributed by atoms with E-state index in [4.69, 9.17) is 14.2 Å². The number of amides is 1. The van der Waals surface area contributed by atoms with Gasteiger partial charge in [-0.2, -0.15) is 0 Å². The fraction of sp³-hybridized carbons (Fsp3) is 0.231. The average Bonchev–Trinajstić information content (AvgIpc) is 3.49. The molecule has 1 amide bonds. The Hall–Kier alpha value is -3.78.